The van der Waals surface area contributed by atoms with Crippen LogP contribution in [0.5, 0.6) is 11.5 Å². The van der Waals surface area contributed by atoms with Crippen molar-refractivity contribution in [1.82, 2.24) is 4.90 Å². The van der Waals surface area contributed by atoms with E-state index in [0.29, 0.717) is 23.9 Å². The van der Waals surface area contributed by atoms with Gasteiger partial charge in [-0.05, 0) is 70.1 Å². The molecule has 2 amide bonds. The number of hydrogen-bond donors (Lipinski definition) is 0. The number of fused-ring (bicyclic) bond motifs is 1. The Bertz CT molecular complexity index is 1380. The first-order valence-corrected chi connectivity index (χ1v) is 12.1. The summed E-state index contributed by atoms with van der Waals surface area (Å²) in [7, 11) is 0. The van der Waals surface area contributed by atoms with Gasteiger partial charge in [0.05, 0.1) is 11.4 Å². The lowest BCUT2D eigenvalue weighted by Crippen LogP contribution is -2.27. The van der Waals surface area contributed by atoms with Crippen molar-refractivity contribution in [3.05, 3.63) is 113 Å². The molecule has 5 rings (SSSR count). The highest BCUT2D eigenvalue weighted by atomic mass is 32.2. The van der Waals surface area contributed by atoms with E-state index < -0.39 is 0 Å². The molecule has 6 heteroatoms. The summed E-state index contributed by atoms with van der Waals surface area (Å²) in [6.45, 7) is 1.11. The van der Waals surface area contributed by atoms with Gasteiger partial charge in [-0.1, -0.05) is 66.7 Å². The minimum atomic E-state index is -0.272. The van der Waals surface area contributed by atoms with Crippen LogP contribution in [0.25, 0.3) is 16.8 Å². The molecule has 174 valence electrons. The molecule has 0 radical (unpaired) electrons. The fraction of sp³-hybridized carbons (Fsp3) is 0.103. The number of thioether (sulfide) groups is 1. The zero-order valence-electron chi connectivity index (χ0n) is 18.9. The molecule has 1 fully saturated rings. The van der Waals surface area contributed by atoms with Crippen molar-refractivity contribution in [2.45, 2.75) is 6.54 Å². The summed E-state index contributed by atoms with van der Waals surface area (Å²) in [5, 5.41) is 1.95. The van der Waals surface area contributed by atoms with Gasteiger partial charge < -0.3 is 9.47 Å². The third kappa shape index (κ3) is 5.55. The Morgan fingerprint density at radius 3 is 2.11 bits per heavy atom. The minimum Gasteiger partial charge on any atom is -0.490 e. The third-order valence-corrected chi connectivity index (χ3v) is 6.48. The maximum absolute atomic E-state index is 12.9. The molecule has 0 aromatic heterocycles. The van der Waals surface area contributed by atoms with E-state index in [4.69, 9.17) is 9.47 Å². The second-order valence-corrected chi connectivity index (χ2v) is 9.02. The standard InChI is InChI=1S/C29H23NO4S/c31-28-27(35-29(32)30(28)20-22-10-13-23-6-4-5-7-24(23)18-22)19-21-11-14-26(15-12-21)34-17-16-33-25-8-2-1-3-9-25/h1-15,18-19H,16-17,20H2/b27-19-. The maximum Gasteiger partial charge on any atom is 0.293 e. The SMILES string of the molecule is O=C1S/C(=C\c2ccc(OCCOc3ccccc3)cc2)C(=O)N1Cc1ccc2ccccc2c1. The van der Waals surface area contributed by atoms with Crippen LogP contribution in [-0.2, 0) is 11.3 Å². The number of benzene rings is 4. The highest BCUT2D eigenvalue weighted by Crippen LogP contribution is 2.33. The van der Waals surface area contributed by atoms with Gasteiger partial charge in [-0.3, -0.25) is 14.5 Å². The summed E-state index contributed by atoms with van der Waals surface area (Å²) >= 11 is 0.969. The molecule has 35 heavy (non-hydrogen) atoms. The quantitative estimate of drug-likeness (QED) is 0.211. The van der Waals surface area contributed by atoms with Gasteiger partial charge in [0.2, 0.25) is 0 Å². The summed E-state index contributed by atoms with van der Waals surface area (Å²) in [5.41, 5.74) is 1.75. The first-order valence-electron chi connectivity index (χ1n) is 11.3. The molecule has 0 N–H and O–H groups in total. The summed E-state index contributed by atoms with van der Waals surface area (Å²) in [6.07, 6.45) is 1.74. The van der Waals surface area contributed by atoms with Gasteiger partial charge in [0.1, 0.15) is 24.7 Å². The number of carbonyl (C=O) groups excluding carboxylic acids is 2. The van der Waals surface area contributed by atoms with E-state index in [1.807, 2.05) is 97.1 Å². The van der Waals surface area contributed by atoms with Crippen LogP contribution in [0.1, 0.15) is 11.1 Å². The molecule has 1 aliphatic heterocycles. The molecule has 0 unspecified atom stereocenters. The van der Waals surface area contributed by atoms with E-state index >= 15 is 0 Å². The van der Waals surface area contributed by atoms with Crippen molar-refractivity contribution in [2.24, 2.45) is 0 Å². The fourth-order valence-electron chi connectivity index (χ4n) is 3.80. The number of nitrogens with zero attached hydrogens (tertiary/aromatic N) is 1. The van der Waals surface area contributed by atoms with E-state index in [1.165, 1.54) is 4.90 Å². The Morgan fingerprint density at radius 1 is 0.714 bits per heavy atom. The first kappa shape index (κ1) is 22.7. The third-order valence-electron chi connectivity index (χ3n) is 5.57. The van der Waals surface area contributed by atoms with E-state index in [1.54, 1.807) is 6.08 Å². The molecule has 5 nitrogen and oxygen atoms in total. The molecular weight excluding hydrogens is 458 g/mol. The molecule has 0 saturated carbocycles. The zero-order chi connectivity index (χ0) is 24.0. The lowest BCUT2D eigenvalue weighted by Gasteiger charge is -2.13. The Hall–Kier alpha value is -4.03. The maximum atomic E-state index is 12.9. The second kappa shape index (κ2) is 10.5. The van der Waals surface area contributed by atoms with Gasteiger partial charge in [-0.2, -0.15) is 0 Å². The van der Waals surface area contributed by atoms with Crippen molar-refractivity contribution in [3.8, 4) is 11.5 Å². The summed E-state index contributed by atoms with van der Waals surface area (Å²) in [5.74, 6) is 1.25. The molecule has 0 aliphatic carbocycles. The summed E-state index contributed by atoms with van der Waals surface area (Å²) in [4.78, 5) is 27.2. The van der Waals surface area contributed by atoms with Crippen LogP contribution in [0.4, 0.5) is 4.79 Å². The van der Waals surface area contributed by atoms with Crippen LogP contribution in [0, 0.1) is 0 Å². The largest absolute Gasteiger partial charge is 0.490 e. The normalized spacial score (nSPS) is 14.6. The molecule has 1 saturated heterocycles. The molecular formula is C29H23NO4S. The predicted octanol–water partition coefficient (Wildman–Crippen LogP) is 6.53. The number of carbonyl (C=O) groups is 2. The van der Waals surface area contributed by atoms with E-state index in [9.17, 15) is 9.59 Å². The van der Waals surface area contributed by atoms with E-state index in [0.717, 1.165) is 39.4 Å². The molecule has 1 heterocycles. The Labute approximate surface area is 208 Å². The van der Waals surface area contributed by atoms with Gasteiger partial charge in [0.15, 0.2) is 0 Å². The number of imide groups is 1. The van der Waals surface area contributed by atoms with Gasteiger partial charge in [0, 0.05) is 0 Å². The Balaban J connectivity index is 1.18. The Morgan fingerprint density at radius 2 is 1.37 bits per heavy atom. The zero-order valence-corrected chi connectivity index (χ0v) is 19.7. The number of para-hydroxylation sites is 1. The van der Waals surface area contributed by atoms with Crippen molar-refractivity contribution in [2.75, 3.05) is 13.2 Å². The number of rotatable bonds is 8. The fourth-order valence-corrected chi connectivity index (χ4v) is 4.64. The van der Waals surface area contributed by atoms with Crippen LogP contribution >= 0.6 is 11.8 Å². The number of amides is 2. The smallest absolute Gasteiger partial charge is 0.293 e. The lowest BCUT2D eigenvalue weighted by molar-refractivity contribution is -0.123. The average Bonchev–Trinajstić information content (AvgIpc) is 3.15. The van der Waals surface area contributed by atoms with Gasteiger partial charge in [-0.15, -0.1) is 0 Å². The van der Waals surface area contributed by atoms with E-state index in [2.05, 4.69) is 0 Å². The van der Waals surface area contributed by atoms with Crippen molar-refractivity contribution in [1.29, 1.82) is 0 Å². The Kier molecular flexibility index (Phi) is 6.82. The van der Waals surface area contributed by atoms with E-state index in [-0.39, 0.29) is 17.7 Å². The minimum absolute atomic E-state index is 0.255. The highest BCUT2D eigenvalue weighted by molar-refractivity contribution is 8.18. The van der Waals surface area contributed by atoms with Crippen molar-refractivity contribution < 1.29 is 19.1 Å². The monoisotopic (exact) mass is 481 g/mol. The van der Waals surface area contributed by atoms with Crippen LogP contribution < -0.4 is 9.47 Å². The number of hydrogen-bond acceptors (Lipinski definition) is 5. The average molecular weight is 482 g/mol. The highest BCUT2D eigenvalue weighted by Gasteiger charge is 2.35. The second-order valence-electron chi connectivity index (χ2n) is 8.03. The van der Waals surface area contributed by atoms with Crippen LogP contribution in [0.15, 0.2) is 102 Å². The molecule has 4 aromatic carbocycles. The van der Waals surface area contributed by atoms with Crippen LogP contribution in [0.3, 0.4) is 0 Å². The summed E-state index contributed by atoms with van der Waals surface area (Å²) < 4.78 is 11.3. The van der Waals surface area contributed by atoms with Gasteiger partial charge >= 0.3 is 0 Å². The topological polar surface area (TPSA) is 55.8 Å². The lowest BCUT2D eigenvalue weighted by atomic mass is 10.1. The predicted molar refractivity (Wildman–Crippen MR) is 139 cm³/mol. The van der Waals surface area contributed by atoms with Crippen molar-refractivity contribution in [3.63, 3.8) is 0 Å². The first-order chi connectivity index (χ1) is 17.2. The van der Waals surface area contributed by atoms with Gasteiger partial charge in [-0.25, -0.2) is 0 Å². The molecule has 0 bridgehead atoms. The van der Waals surface area contributed by atoms with Gasteiger partial charge in [0.25, 0.3) is 11.1 Å². The van der Waals surface area contributed by atoms with Crippen molar-refractivity contribution >= 4 is 39.8 Å². The molecule has 0 atom stereocenters. The molecule has 4 aromatic rings. The summed E-state index contributed by atoms with van der Waals surface area (Å²) in [6, 6.07) is 31.0. The molecule has 1 aliphatic rings. The number of ether oxygens (including phenoxy) is 2. The van der Waals surface area contributed by atoms with Crippen LogP contribution in [0.2, 0.25) is 0 Å². The van der Waals surface area contributed by atoms with Crippen LogP contribution in [-0.4, -0.2) is 29.3 Å². The molecule has 0 spiro atoms.